The lowest BCUT2D eigenvalue weighted by Gasteiger charge is -2.06. The molecule has 0 unspecified atom stereocenters. The van der Waals surface area contributed by atoms with E-state index in [0.717, 1.165) is 0 Å². The Hall–Kier alpha value is -2.34. The first-order chi connectivity index (χ1) is 9.49. The van der Waals surface area contributed by atoms with E-state index in [2.05, 4.69) is 10.5 Å². The molecular weight excluding hydrogens is 284 g/mol. The van der Waals surface area contributed by atoms with Crippen molar-refractivity contribution >= 4 is 23.5 Å². The van der Waals surface area contributed by atoms with Crippen LogP contribution in [0, 0.1) is 0 Å². The summed E-state index contributed by atoms with van der Waals surface area (Å²) in [5, 5.41) is 15.1. The first-order valence-electron chi connectivity index (χ1n) is 5.74. The van der Waals surface area contributed by atoms with Crippen molar-refractivity contribution in [1.29, 1.82) is 0 Å². The summed E-state index contributed by atoms with van der Waals surface area (Å²) in [5.74, 6) is -1.42. The van der Waals surface area contributed by atoms with Gasteiger partial charge in [-0.05, 0) is 19.1 Å². The van der Waals surface area contributed by atoms with E-state index in [9.17, 15) is 9.59 Å². The van der Waals surface area contributed by atoms with E-state index in [0.29, 0.717) is 16.3 Å². The van der Waals surface area contributed by atoms with Crippen LogP contribution in [0.5, 0.6) is 0 Å². The smallest absolute Gasteiger partial charge is 0.325 e. The lowest BCUT2D eigenvalue weighted by Crippen LogP contribution is -2.38. The van der Waals surface area contributed by atoms with E-state index in [1.165, 1.54) is 13.0 Å². The van der Waals surface area contributed by atoms with Crippen LogP contribution in [-0.4, -0.2) is 28.2 Å². The molecule has 104 valence electrons. The van der Waals surface area contributed by atoms with E-state index < -0.39 is 17.9 Å². The number of nitrogens with one attached hydrogen (secondary N) is 1. The molecule has 0 aliphatic heterocycles. The molecule has 1 heterocycles. The third-order valence-corrected chi connectivity index (χ3v) is 2.93. The van der Waals surface area contributed by atoms with Gasteiger partial charge in [0.15, 0.2) is 11.5 Å². The van der Waals surface area contributed by atoms with Gasteiger partial charge in [-0.15, -0.1) is 0 Å². The van der Waals surface area contributed by atoms with Crippen LogP contribution in [-0.2, 0) is 4.79 Å². The van der Waals surface area contributed by atoms with Gasteiger partial charge in [0, 0.05) is 11.6 Å². The van der Waals surface area contributed by atoms with Crippen LogP contribution in [0.25, 0.3) is 11.3 Å². The Morgan fingerprint density at radius 3 is 2.75 bits per heavy atom. The zero-order chi connectivity index (χ0) is 14.7. The molecule has 20 heavy (non-hydrogen) atoms. The van der Waals surface area contributed by atoms with Crippen molar-refractivity contribution in [3.63, 3.8) is 0 Å². The number of hydrogen-bond acceptors (Lipinski definition) is 4. The van der Waals surface area contributed by atoms with Crippen molar-refractivity contribution < 1.29 is 19.2 Å². The molecule has 0 aliphatic carbocycles. The predicted molar refractivity (Wildman–Crippen MR) is 71.5 cm³/mol. The number of carboxylic acid groups (broad SMARTS) is 1. The lowest BCUT2D eigenvalue weighted by atomic mass is 10.1. The van der Waals surface area contributed by atoms with Gasteiger partial charge in [0.25, 0.3) is 5.91 Å². The lowest BCUT2D eigenvalue weighted by molar-refractivity contribution is -0.138. The zero-order valence-electron chi connectivity index (χ0n) is 10.5. The first kappa shape index (κ1) is 14.1. The third kappa shape index (κ3) is 2.97. The van der Waals surface area contributed by atoms with E-state index >= 15 is 0 Å². The van der Waals surface area contributed by atoms with E-state index in [1.54, 1.807) is 24.3 Å². The molecule has 0 bridgehead atoms. The number of rotatable bonds is 4. The van der Waals surface area contributed by atoms with Crippen LogP contribution in [0.15, 0.2) is 34.9 Å². The summed E-state index contributed by atoms with van der Waals surface area (Å²) in [7, 11) is 0. The Morgan fingerprint density at radius 2 is 2.10 bits per heavy atom. The number of aliphatic carboxylic acids is 1. The minimum Gasteiger partial charge on any atom is -0.480 e. The van der Waals surface area contributed by atoms with Gasteiger partial charge in [0.05, 0.1) is 5.02 Å². The molecule has 0 saturated heterocycles. The molecule has 1 amide bonds. The molecule has 0 aliphatic rings. The average molecular weight is 295 g/mol. The first-order valence-corrected chi connectivity index (χ1v) is 6.12. The number of carbonyl (C=O) groups is 2. The third-order valence-electron chi connectivity index (χ3n) is 2.60. The molecule has 1 aromatic carbocycles. The summed E-state index contributed by atoms with van der Waals surface area (Å²) in [6.45, 7) is 1.36. The molecule has 0 radical (unpaired) electrons. The number of carboxylic acids is 1. The second kappa shape index (κ2) is 5.75. The molecule has 2 N–H and O–H groups in total. The second-order valence-electron chi connectivity index (χ2n) is 4.09. The quantitative estimate of drug-likeness (QED) is 0.902. The highest BCUT2D eigenvalue weighted by molar-refractivity contribution is 6.33. The van der Waals surface area contributed by atoms with Crippen LogP contribution in [0.1, 0.15) is 17.4 Å². The Morgan fingerprint density at radius 1 is 1.40 bits per heavy atom. The normalized spacial score (nSPS) is 11.9. The van der Waals surface area contributed by atoms with Crippen molar-refractivity contribution in [2.24, 2.45) is 0 Å². The van der Waals surface area contributed by atoms with Crippen LogP contribution >= 0.6 is 11.6 Å². The van der Waals surface area contributed by atoms with Crippen LogP contribution in [0.4, 0.5) is 0 Å². The topological polar surface area (TPSA) is 92.4 Å². The molecule has 2 rings (SSSR count). The highest BCUT2D eigenvalue weighted by Gasteiger charge is 2.19. The molecule has 1 atom stereocenters. The van der Waals surface area contributed by atoms with Crippen molar-refractivity contribution in [1.82, 2.24) is 10.5 Å². The van der Waals surface area contributed by atoms with Gasteiger partial charge in [0.2, 0.25) is 0 Å². The summed E-state index contributed by atoms with van der Waals surface area (Å²) in [5.41, 5.74) is 0.597. The zero-order valence-corrected chi connectivity index (χ0v) is 11.2. The Kier molecular flexibility index (Phi) is 4.05. The fraction of sp³-hybridized carbons (Fsp3) is 0.154. The Labute approximate surface area is 119 Å². The molecule has 0 saturated carbocycles. The number of benzene rings is 1. The monoisotopic (exact) mass is 294 g/mol. The highest BCUT2D eigenvalue weighted by Crippen LogP contribution is 2.27. The maximum Gasteiger partial charge on any atom is 0.325 e. The summed E-state index contributed by atoms with van der Waals surface area (Å²) in [6, 6.07) is 7.35. The van der Waals surface area contributed by atoms with E-state index in [4.69, 9.17) is 21.2 Å². The summed E-state index contributed by atoms with van der Waals surface area (Å²) >= 11 is 6.01. The van der Waals surface area contributed by atoms with E-state index in [1.807, 2.05) is 0 Å². The molecule has 0 spiro atoms. The number of nitrogens with zero attached hydrogens (tertiary/aromatic N) is 1. The molecular formula is C13H11ClN2O4. The molecule has 0 fully saturated rings. The molecule has 7 heteroatoms. The maximum atomic E-state index is 11.8. The number of halogens is 1. The fourth-order valence-electron chi connectivity index (χ4n) is 1.50. The average Bonchev–Trinajstić information content (AvgIpc) is 2.88. The van der Waals surface area contributed by atoms with Gasteiger partial charge in [-0.2, -0.15) is 0 Å². The SMILES string of the molecule is C[C@H](NC(=O)c1cc(-c2ccccc2Cl)on1)C(=O)O. The number of hydrogen-bond donors (Lipinski definition) is 2. The van der Waals surface area contributed by atoms with Gasteiger partial charge in [-0.1, -0.05) is 28.9 Å². The summed E-state index contributed by atoms with van der Waals surface area (Å²) < 4.78 is 5.05. The predicted octanol–water partition coefficient (Wildman–Crippen LogP) is 2.20. The van der Waals surface area contributed by atoms with Crippen LogP contribution in [0.3, 0.4) is 0 Å². The summed E-state index contributed by atoms with van der Waals surface area (Å²) in [6.07, 6.45) is 0. The largest absolute Gasteiger partial charge is 0.480 e. The summed E-state index contributed by atoms with van der Waals surface area (Å²) in [4.78, 5) is 22.4. The van der Waals surface area contributed by atoms with Gasteiger partial charge in [0.1, 0.15) is 6.04 Å². The van der Waals surface area contributed by atoms with Crippen molar-refractivity contribution in [2.75, 3.05) is 0 Å². The van der Waals surface area contributed by atoms with Crippen LogP contribution < -0.4 is 5.32 Å². The molecule has 6 nitrogen and oxygen atoms in total. The minimum atomic E-state index is -1.13. The number of aromatic nitrogens is 1. The number of carbonyl (C=O) groups excluding carboxylic acids is 1. The van der Waals surface area contributed by atoms with Gasteiger partial charge >= 0.3 is 5.97 Å². The van der Waals surface area contributed by atoms with Crippen molar-refractivity contribution in [3.05, 3.63) is 41.0 Å². The van der Waals surface area contributed by atoms with Crippen molar-refractivity contribution in [2.45, 2.75) is 13.0 Å². The minimum absolute atomic E-state index is 0.00646. The molecule has 2 aromatic rings. The van der Waals surface area contributed by atoms with Gasteiger partial charge in [-0.3, -0.25) is 9.59 Å². The fourth-order valence-corrected chi connectivity index (χ4v) is 1.73. The van der Waals surface area contributed by atoms with Crippen LogP contribution in [0.2, 0.25) is 5.02 Å². The van der Waals surface area contributed by atoms with E-state index in [-0.39, 0.29) is 5.69 Å². The molecule has 1 aromatic heterocycles. The Bertz CT molecular complexity index is 653. The number of amides is 1. The second-order valence-corrected chi connectivity index (χ2v) is 4.50. The highest BCUT2D eigenvalue weighted by atomic mass is 35.5. The Balaban J connectivity index is 2.19. The van der Waals surface area contributed by atoms with Gasteiger partial charge < -0.3 is 14.9 Å². The maximum absolute atomic E-state index is 11.8. The van der Waals surface area contributed by atoms with Gasteiger partial charge in [-0.25, -0.2) is 0 Å². The standard InChI is InChI=1S/C13H11ClN2O4/c1-7(13(18)19)15-12(17)10-6-11(20-16-10)8-4-2-3-5-9(8)14/h2-7H,1H3,(H,15,17)(H,18,19)/t7-/m0/s1. The van der Waals surface area contributed by atoms with Crippen molar-refractivity contribution in [3.8, 4) is 11.3 Å².